The SMILES string of the molecule is O=[N+]([O-])c1cc(F)ccc1N[C@@H]1CN2CCC1CC2. The van der Waals surface area contributed by atoms with E-state index in [4.69, 9.17) is 0 Å². The van der Waals surface area contributed by atoms with E-state index < -0.39 is 10.7 Å². The summed E-state index contributed by atoms with van der Waals surface area (Å²) in [6, 6.07) is 3.93. The summed E-state index contributed by atoms with van der Waals surface area (Å²) in [7, 11) is 0. The standard InChI is InChI=1S/C13H16FN3O2/c14-10-1-2-11(13(7-10)17(18)19)15-12-8-16-5-3-9(12)4-6-16/h1-2,7,9,12,15H,3-6,8H2/t12-/m1/s1. The summed E-state index contributed by atoms with van der Waals surface area (Å²) < 4.78 is 13.1. The number of benzene rings is 1. The highest BCUT2D eigenvalue weighted by molar-refractivity contribution is 5.62. The predicted molar refractivity (Wildman–Crippen MR) is 69.6 cm³/mol. The fourth-order valence-corrected chi connectivity index (χ4v) is 3.11. The van der Waals surface area contributed by atoms with E-state index in [-0.39, 0.29) is 11.7 Å². The Balaban J connectivity index is 1.81. The van der Waals surface area contributed by atoms with Crippen LogP contribution in [0.3, 0.4) is 0 Å². The number of hydrogen-bond acceptors (Lipinski definition) is 4. The van der Waals surface area contributed by atoms with Gasteiger partial charge in [0.05, 0.1) is 11.0 Å². The summed E-state index contributed by atoms with van der Waals surface area (Å²) >= 11 is 0. The summed E-state index contributed by atoms with van der Waals surface area (Å²) in [5.41, 5.74) is 0.238. The van der Waals surface area contributed by atoms with Crippen molar-refractivity contribution in [2.45, 2.75) is 18.9 Å². The Morgan fingerprint density at radius 3 is 2.68 bits per heavy atom. The number of halogens is 1. The van der Waals surface area contributed by atoms with Crippen molar-refractivity contribution in [2.24, 2.45) is 5.92 Å². The zero-order valence-electron chi connectivity index (χ0n) is 10.5. The average molecular weight is 265 g/mol. The van der Waals surface area contributed by atoms with Crippen LogP contribution in [0.5, 0.6) is 0 Å². The van der Waals surface area contributed by atoms with E-state index in [1.165, 1.54) is 12.1 Å². The molecule has 19 heavy (non-hydrogen) atoms. The molecule has 2 bridgehead atoms. The number of hydrogen-bond donors (Lipinski definition) is 1. The molecule has 3 aliphatic rings. The number of nitrogens with one attached hydrogen (secondary N) is 1. The fourth-order valence-electron chi connectivity index (χ4n) is 3.11. The highest BCUT2D eigenvalue weighted by Crippen LogP contribution is 2.32. The number of nitro benzene ring substituents is 1. The van der Waals surface area contributed by atoms with E-state index in [1.807, 2.05) is 0 Å². The van der Waals surface area contributed by atoms with Crippen LogP contribution < -0.4 is 5.32 Å². The van der Waals surface area contributed by atoms with Gasteiger partial charge in [0.1, 0.15) is 11.5 Å². The maximum Gasteiger partial charge on any atom is 0.295 e. The molecule has 0 spiro atoms. The molecule has 3 heterocycles. The third-order valence-corrected chi connectivity index (χ3v) is 4.15. The number of anilines is 1. The average Bonchev–Trinajstić information content (AvgIpc) is 2.42. The van der Waals surface area contributed by atoms with Gasteiger partial charge in [0.15, 0.2) is 0 Å². The van der Waals surface area contributed by atoms with Crippen LogP contribution in [0.4, 0.5) is 15.8 Å². The van der Waals surface area contributed by atoms with Gasteiger partial charge in [0, 0.05) is 12.6 Å². The van der Waals surface area contributed by atoms with E-state index in [0.29, 0.717) is 11.6 Å². The Bertz CT molecular complexity index is 501. The summed E-state index contributed by atoms with van der Waals surface area (Å²) in [5.74, 6) is -0.0131. The predicted octanol–water partition coefficient (Wildman–Crippen LogP) is 2.24. The van der Waals surface area contributed by atoms with Gasteiger partial charge in [-0.1, -0.05) is 0 Å². The molecule has 3 saturated heterocycles. The minimum Gasteiger partial charge on any atom is -0.375 e. The number of fused-ring (bicyclic) bond motifs is 3. The summed E-state index contributed by atoms with van der Waals surface area (Å²) in [6.45, 7) is 3.15. The molecule has 6 heteroatoms. The molecule has 3 aliphatic heterocycles. The lowest BCUT2D eigenvalue weighted by Crippen LogP contribution is -2.53. The summed E-state index contributed by atoms with van der Waals surface area (Å²) in [5, 5.41) is 14.2. The van der Waals surface area contributed by atoms with Gasteiger partial charge in [-0.05, 0) is 44.0 Å². The zero-order chi connectivity index (χ0) is 13.4. The minimum atomic E-state index is -0.578. The number of nitro groups is 1. The van der Waals surface area contributed by atoms with Gasteiger partial charge in [0.2, 0.25) is 0 Å². The van der Waals surface area contributed by atoms with E-state index >= 15 is 0 Å². The van der Waals surface area contributed by atoms with E-state index in [2.05, 4.69) is 10.2 Å². The summed E-state index contributed by atoms with van der Waals surface area (Å²) in [4.78, 5) is 12.8. The van der Waals surface area contributed by atoms with Gasteiger partial charge < -0.3 is 10.2 Å². The van der Waals surface area contributed by atoms with Crippen molar-refractivity contribution in [1.29, 1.82) is 0 Å². The van der Waals surface area contributed by atoms with Crippen LogP contribution in [0.1, 0.15) is 12.8 Å². The van der Waals surface area contributed by atoms with Gasteiger partial charge in [0.25, 0.3) is 5.69 Å². The van der Waals surface area contributed by atoms with Gasteiger partial charge >= 0.3 is 0 Å². The highest BCUT2D eigenvalue weighted by Gasteiger charge is 2.34. The van der Waals surface area contributed by atoms with E-state index in [0.717, 1.165) is 38.5 Å². The highest BCUT2D eigenvalue weighted by atomic mass is 19.1. The molecular weight excluding hydrogens is 249 g/mol. The first kappa shape index (κ1) is 12.3. The van der Waals surface area contributed by atoms with Crippen molar-refractivity contribution < 1.29 is 9.31 Å². The van der Waals surface area contributed by atoms with Crippen LogP contribution in [0.2, 0.25) is 0 Å². The molecule has 0 aliphatic carbocycles. The van der Waals surface area contributed by atoms with Crippen LogP contribution in [-0.2, 0) is 0 Å². The molecule has 1 aromatic rings. The molecule has 4 rings (SSSR count). The normalized spacial score (nSPS) is 29.2. The van der Waals surface area contributed by atoms with Crippen LogP contribution in [0.25, 0.3) is 0 Å². The second kappa shape index (κ2) is 4.77. The Morgan fingerprint density at radius 2 is 2.11 bits per heavy atom. The van der Waals surface area contributed by atoms with E-state index in [1.54, 1.807) is 0 Å². The van der Waals surface area contributed by atoms with Crippen LogP contribution in [0.15, 0.2) is 18.2 Å². The topological polar surface area (TPSA) is 58.4 Å². The molecule has 102 valence electrons. The molecule has 0 amide bonds. The molecule has 0 saturated carbocycles. The Morgan fingerprint density at radius 1 is 1.37 bits per heavy atom. The van der Waals surface area contributed by atoms with Crippen molar-refractivity contribution in [3.8, 4) is 0 Å². The lowest BCUT2D eigenvalue weighted by atomic mass is 9.84. The first-order valence-electron chi connectivity index (χ1n) is 6.56. The largest absolute Gasteiger partial charge is 0.375 e. The molecule has 1 aromatic carbocycles. The fraction of sp³-hybridized carbons (Fsp3) is 0.538. The van der Waals surface area contributed by atoms with Crippen molar-refractivity contribution in [3.05, 3.63) is 34.1 Å². The quantitative estimate of drug-likeness (QED) is 0.672. The summed E-state index contributed by atoms with van der Waals surface area (Å²) in [6.07, 6.45) is 2.26. The molecule has 1 N–H and O–H groups in total. The number of piperidine rings is 3. The van der Waals surface area contributed by atoms with Crippen molar-refractivity contribution in [2.75, 3.05) is 25.0 Å². The molecule has 1 atom stereocenters. The van der Waals surface area contributed by atoms with E-state index in [9.17, 15) is 14.5 Å². The third kappa shape index (κ3) is 2.40. The Hall–Kier alpha value is -1.69. The number of nitrogens with zero attached hydrogens (tertiary/aromatic N) is 2. The molecule has 0 unspecified atom stereocenters. The van der Waals surface area contributed by atoms with Crippen molar-refractivity contribution in [1.82, 2.24) is 4.90 Å². The van der Waals surface area contributed by atoms with Crippen LogP contribution in [-0.4, -0.2) is 35.5 Å². The smallest absolute Gasteiger partial charge is 0.295 e. The first-order valence-corrected chi connectivity index (χ1v) is 6.56. The number of rotatable bonds is 3. The molecule has 0 aromatic heterocycles. The molecule has 0 radical (unpaired) electrons. The lowest BCUT2D eigenvalue weighted by Gasteiger charge is -2.45. The zero-order valence-corrected chi connectivity index (χ0v) is 10.5. The molecule has 5 nitrogen and oxygen atoms in total. The Kier molecular flexibility index (Phi) is 3.10. The van der Waals surface area contributed by atoms with Gasteiger partial charge in [-0.25, -0.2) is 4.39 Å². The van der Waals surface area contributed by atoms with Crippen molar-refractivity contribution >= 4 is 11.4 Å². The third-order valence-electron chi connectivity index (χ3n) is 4.15. The minimum absolute atomic E-state index is 0.184. The lowest BCUT2D eigenvalue weighted by molar-refractivity contribution is -0.384. The second-order valence-electron chi connectivity index (χ2n) is 5.31. The van der Waals surface area contributed by atoms with Gasteiger partial charge in [-0.3, -0.25) is 10.1 Å². The monoisotopic (exact) mass is 265 g/mol. The Labute approximate surface area is 110 Å². The van der Waals surface area contributed by atoms with Crippen LogP contribution >= 0.6 is 0 Å². The first-order chi connectivity index (χ1) is 9.13. The van der Waals surface area contributed by atoms with Gasteiger partial charge in [-0.2, -0.15) is 0 Å². The molecular formula is C13H16FN3O2. The molecule has 3 fully saturated rings. The van der Waals surface area contributed by atoms with Crippen molar-refractivity contribution in [3.63, 3.8) is 0 Å². The maximum absolute atomic E-state index is 13.1. The van der Waals surface area contributed by atoms with Crippen LogP contribution in [0, 0.1) is 21.8 Å². The van der Waals surface area contributed by atoms with Gasteiger partial charge in [-0.15, -0.1) is 0 Å². The second-order valence-corrected chi connectivity index (χ2v) is 5.31. The maximum atomic E-state index is 13.1.